The fraction of sp³-hybridized carbons (Fsp3) is 0.387. The van der Waals surface area contributed by atoms with E-state index in [4.69, 9.17) is 30.2 Å². The molecule has 0 radical (unpaired) electrons. The molecule has 1 aromatic heterocycles. The molecule has 0 aliphatic heterocycles. The number of halogens is 6. The highest BCUT2D eigenvalue weighted by Gasteiger charge is 2.38. The third-order valence-electron chi connectivity index (χ3n) is 13.9. The first-order valence-corrected chi connectivity index (χ1v) is 31.7. The van der Waals surface area contributed by atoms with Gasteiger partial charge in [-0.05, 0) is 158 Å². The van der Waals surface area contributed by atoms with Crippen molar-refractivity contribution in [3.63, 3.8) is 0 Å². The topological polar surface area (TPSA) is 213 Å². The summed E-state index contributed by atoms with van der Waals surface area (Å²) < 4.78 is 88.3. The number of aryl methyl sites for hydroxylation is 1. The molecule has 0 fully saturated rings. The van der Waals surface area contributed by atoms with E-state index < -0.39 is 105 Å². The normalized spacial score (nSPS) is 12.6. The van der Waals surface area contributed by atoms with Gasteiger partial charge in [-0.2, -0.15) is 0 Å². The zero-order valence-electron chi connectivity index (χ0n) is 56.9. The van der Waals surface area contributed by atoms with Crippen LogP contribution in [-0.2, 0) is 43.1 Å². The summed E-state index contributed by atoms with van der Waals surface area (Å²) in [6.07, 6.45) is -0.525. The Morgan fingerprint density at radius 1 is 0.500 bits per heavy atom. The molecule has 0 saturated carbocycles. The van der Waals surface area contributed by atoms with E-state index in [9.17, 15) is 60.3 Å². The van der Waals surface area contributed by atoms with Gasteiger partial charge in [-0.15, -0.1) is 0 Å². The van der Waals surface area contributed by atoms with Crippen molar-refractivity contribution < 1.29 is 74.1 Å². The van der Waals surface area contributed by atoms with E-state index in [2.05, 4.69) is 16.0 Å². The lowest BCUT2D eigenvalue weighted by Gasteiger charge is -2.27. The largest absolute Gasteiger partial charge is 0.458 e. The molecular weight excluding hydrogens is 1270 g/mol. The van der Waals surface area contributed by atoms with Gasteiger partial charge < -0.3 is 34.6 Å². The number of alkyl carbamates (subject to hydrolysis) is 3. The van der Waals surface area contributed by atoms with Crippen molar-refractivity contribution in [1.29, 1.82) is 0 Å². The van der Waals surface area contributed by atoms with Crippen LogP contribution in [0.1, 0.15) is 165 Å². The molecule has 7 rings (SSSR count). The van der Waals surface area contributed by atoms with Gasteiger partial charge in [0.25, 0.3) is 5.24 Å². The molecule has 6 aromatic carbocycles. The number of hydrogen-bond donors (Lipinski definition) is 3. The quantitative estimate of drug-likeness (QED) is 0.0214. The van der Waals surface area contributed by atoms with Crippen molar-refractivity contribution in [1.82, 2.24) is 16.0 Å². The average molecular weight is 1350 g/mol. The first kappa shape index (κ1) is 79.4. The number of fused-ring (bicyclic) bond motifs is 1. The zero-order valence-corrected chi connectivity index (χ0v) is 57.6. The van der Waals surface area contributed by atoms with Crippen LogP contribution in [0, 0.1) is 52.8 Å². The summed E-state index contributed by atoms with van der Waals surface area (Å²) in [6, 6.07) is 35.1. The molecule has 516 valence electrons. The Balaban J connectivity index is 0.000000287. The van der Waals surface area contributed by atoms with Crippen LogP contribution in [0.3, 0.4) is 0 Å². The summed E-state index contributed by atoms with van der Waals surface area (Å²) in [5.41, 5.74) is 0.378. The lowest BCUT2D eigenvalue weighted by atomic mass is 9.82. The van der Waals surface area contributed by atoms with Crippen molar-refractivity contribution in [2.45, 2.75) is 164 Å². The Morgan fingerprint density at radius 2 is 0.917 bits per heavy atom. The Bertz CT molecular complexity index is 3830. The lowest BCUT2D eigenvalue weighted by Crippen LogP contribution is -2.50. The number of ether oxygens (including phenoxy) is 3. The third-order valence-corrected chi connectivity index (χ3v) is 14.1. The van der Waals surface area contributed by atoms with Gasteiger partial charge in [0, 0.05) is 36.6 Å². The molecule has 1 unspecified atom stereocenters. The predicted molar refractivity (Wildman–Crippen MR) is 360 cm³/mol. The molecule has 0 aliphatic rings. The minimum atomic E-state index is -1.28. The number of rotatable bonds is 20. The van der Waals surface area contributed by atoms with Crippen LogP contribution in [0.2, 0.25) is 0 Å². The number of carbonyl (C=O) groups excluding carboxylic acids is 7. The zero-order chi connectivity index (χ0) is 72.0. The smallest absolute Gasteiger partial charge is 0.408 e. The standard InChI is InChI=1S/C25H29F2NO4.C25H28FNO4.C18H27NO3.C7H3ClF2O/c1-15(2)21(28-24(31)32-25(3,4)5)23(30)19(13-16-9-7-6-8-10-16)22(29)18-12-11-17(26)14-20(18)27;1-15(2)21(27-24(29)31-25(3,4)5)23-19(13-16-9-7-6-8-10-16)22(28)18-12-11-17(26)14-20(18)30-23;1-13(2)16(19-17(21)22-18(3,4)5)15(20)12-11-14-9-7-6-8-10-14;8-7(11)5-2-1-4(9)3-6(5)10/h6-12,14-15,19,21H,13H2,1-5H3,(H,28,31);6-12,14-15,21H,13H2,1-5H3,(H,27,29);6-10,13,16H,11-12H2,1-5H3,(H,19,21);1-3H/t19?,21-;21-;16-;/m111./s1. The molecule has 96 heavy (non-hydrogen) atoms. The minimum absolute atomic E-state index is 0.00847. The fourth-order valence-corrected chi connectivity index (χ4v) is 9.60. The molecule has 1 heterocycles. The molecule has 3 N–H and O–H groups in total. The maximum absolute atomic E-state index is 14.4. The number of Topliss-reactive ketones (excluding diaryl/α,β-unsaturated/α-hetero) is 3. The molecule has 0 spiro atoms. The average Bonchev–Trinajstić information content (AvgIpc) is 0.776. The molecule has 4 atom stereocenters. The summed E-state index contributed by atoms with van der Waals surface area (Å²) in [6.45, 7) is 26.9. The van der Waals surface area contributed by atoms with E-state index in [-0.39, 0.29) is 52.1 Å². The van der Waals surface area contributed by atoms with Crippen LogP contribution in [0.4, 0.5) is 36.3 Å². The highest BCUT2D eigenvalue weighted by molar-refractivity contribution is 6.67. The van der Waals surface area contributed by atoms with Crippen molar-refractivity contribution in [2.75, 3.05) is 0 Å². The number of carbonyl (C=O) groups is 7. The molecule has 21 heteroatoms. The number of nitrogens with one attached hydrogen (secondary N) is 3. The highest BCUT2D eigenvalue weighted by Crippen LogP contribution is 2.30. The van der Waals surface area contributed by atoms with Gasteiger partial charge in [0.1, 0.15) is 57.2 Å². The van der Waals surface area contributed by atoms with Crippen LogP contribution in [-0.4, -0.2) is 69.8 Å². The maximum Gasteiger partial charge on any atom is 0.408 e. The van der Waals surface area contributed by atoms with Gasteiger partial charge in [0.05, 0.1) is 40.6 Å². The maximum atomic E-state index is 14.4. The van der Waals surface area contributed by atoms with Crippen LogP contribution in [0.5, 0.6) is 0 Å². The molecule has 7 aromatic rings. The van der Waals surface area contributed by atoms with E-state index in [1.165, 1.54) is 18.2 Å². The highest BCUT2D eigenvalue weighted by atomic mass is 35.5. The van der Waals surface area contributed by atoms with E-state index >= 15 is 0 Å². The van der Waals surface area contributed by atoms with E-state index in [1.54, 1.807) is 106 Å². The van der Waals surface area contributed by atoms with Gasteiger partial charge in [-0.1, -0.05) is 133 Å². The lowest BCUT2D eigenvalue weighted by molar-refractivity contribution is -0.124. The summed E-state index contributed by atoms with van der Waals surface area (Å²) in [4.78, 5) is 99.6. The number of ketones is 3. The van der Waals surface area contributed by atoms with E-state index in [0.29, 0.717) is 53.7 Å². The van der Waals surface area contributed by atoms with Crippen molar-refractivity contribution >= 4 is 63.4 Å². The number of amides is 3. The van der Waals surface area contributed by atoms with Gasteiger partial charge >= 0.3 is 18.3 Å². The van der Waals surface area contributed by atoms with Gasteiger partial charge in [-0.25, -0.2) is 36.3 Å². The van der Waals surface area contributed by atoms with Gasteiger partial charge in [0.15, 0.2) is 22.8 Å². The Hall–Kier alpha value is -9.04. The Morgan fingerprint density at radius 3 is 1.35 bits per heavy atom. The second kappa shape index (κ2) is 36.2. The first-order chi connectivity index (χ1) is 44.7. The molecule has 0 aliphatic carbocycles. The predicted octanol–water partition coefficient (Wildman–Crippen LogP) is 17.0. The summed E-state index contributed by atoms with van der Waals surface area (Å²) in [5, 5.41) is 7.46. The molecule has 0 bridgehead atoms. The Labute approximate surface area is 563 Å². The molecule has 0 saturated heterocycles. The molecule has 15 nitrogen and oxygen atoms in total. The van der Waals surface area contributed by atoms with E-state index in [0.717, 1.165) is 35.4 Å². The number of hydrogen-bond acceptors (Lipinski definition) is 12. The molecule has 3 amide bonds. The minimum Gasteiger partial charge on any atom is -0.458 e. The fourth-order valence-electron chi connectivity index (χ4n) is 9.45. The second-order valence-corrected chi connectivity index (χ2v) is 27.0. The van der Waals surface area contributed by atoms with Crippen LogP contribution in [0.15, 0.2) is 155 Å². The van der Waals surface area contributed by atoms with Gasteiger partial charge in [0.2, 0.25) is 0 Å². The van der Waals surface area contributed by atoms with Gasteiger partial charge in [-0.3, -0.25) is 24.0 Å². The van der Waals surface area contributed by atoms with E-state index in [1.807, 2.05) is 88.4 Å². The van der Waals surface area contributed by atoms with Crippen molar-refractivity contribution in [3.8, 4) is 0 Å². The van der Waals surface area contributed by atoms with Crippen LogP contribution in [0.25, 0.3) is 11.0 Å². The van der Waals surface area contributed by atoms with Crippen LogP contribution >= 0.6 is 11.6 Å². The first-order valence-electron chi connectivity index (χ1n) is 31.3. The SMILES string of the molecule is CC(C)[C@@H](NC(=O)OC(C)(C)C)C(=O)C(Cc1ccccc1)C(=O)c1ccc(F)cc1F.CC(C)[C@@H](NC(=O)OC(C)(C)C)C(=O)CCc1ccccc1.CC(C)[C@@H](NC(=O)OC(C)(C)C)c1oc2cc(F)ccc2c(=O)c1Cc1ccccc1.O=C(Cl)c1ccc(F)cc1F. The van der Waals surface area contributed by atoms with Crippen LogP contribution < -0.4 is 21.4 Å². The summed E-state index contributed by atoms with van der Waals surface area (Å²) in [5.74, 6) is -6.76. The monoisotopic (exact) mass is 1350 g/mol. The summed E-state index contributed by atoms with van der Waals surface area (Å²) >= 11 is 4.96. The van der Waals surface area contributed by atoms with Crippen molar-refractivity contribution in [2.24, 2.45) is 23.7 Å². The third kappa shape index (κ3) is 26.6. The van der Waals surface area contributed by atoms with Crippen molar-refractivity contribution in [3.05, 3.63) is 224 Å². The summed E-state index contributed by atoms with van der Waals surface area (Å²) in [7, 11) is 0. The molecular formula is C75H87ClF5N3O12. The number of benzene rings is 6. The Kier molecular flexibility index (Phi) is 29.9. The second-order valence-electron chi connectivity index (χ2n) is 26.7.